The van der Waals surface area contributed by atoms with Gasteiger partial charge in [-0.1, -0.05) is 13.3 Å². The molecule has 19 heavy (non-hydrogen) atoms. The van der Waals surface area contributed by atoms with Crippen molar-refractivity contribution in [2.75, 3.05) is 33.4 Å². The minimum absolute atomic E-state index is 0.153. The molecule has 4 nitrogen and oxygen atoms in total. The van der Waals surface area contributed by atoms with Gasteiger partial charge in [0.1, 0.15) is 0 Å². The van der Waals surface area contributed by atoms with Gasteiger partial charge in [-0.15, -0.1) is 0 Å². The summed E-state index contributed by atoms with van der Waals surface area (Å²) in [5, 5.41) is 6.52. The first kappa shape index (κ1) is 16.4. The topological polar surface area (TPSA) is 50.4 Å². The summed E-state index contributed by atoms with van der Waals surface area (Å²) in [6.07, 6.45) is 7.45. The summed E-state index contributed by atoms with van der Waals surface area (Å²) in [6.45, 7) is 5.67. The standard InChI is InChI=1S/C15H30N2O2/c1-3-8-15(9-7-10-16-13-15)14(18)17-11-5-4-6-12-19-2/h16H,3-13H2,1-2H3,(H,17,18). The molecule has 0 bridgehead atoms. The Balaban J connectivity index is 2.28. The predicted molar refractivity (Wildman–Crippen MR) is 78.2 cm³/mol. The van der Waals surface area contributed by atoms with Crippen LogP contribution in [-0.2, 0) is 9.53 Å². The van der Waals surface area contributed by atoms with Gasteiger partial charge in [-0.2, -0.15) is 0 Å². The van der Waals surface area contributed by atoms with E-state index >= 15 is 0 Å². The molecule has 1 rings (SSSR count). The SMILES string of the molecule is CCCC1(C(=O)NCCCCCOC)CCCNC1. The number of carbonyl (C=O) groups excluding carboxylic acids is 1. The van der Waals surface area contributed by atoms with Crippen molar-refractivity contribution in [3.05, 3.63) is 0 Å². The van der Waals surface area contributed by atoms with Gasteiger partial charge >= 0.3 is 0 Å². The second kappa shape index (κ2) is 9.32. The lowest BCUT2D eigenvalue weighted by atomic mass is 9.76. The molecular formula is C15H30N2O2. The average molecular weight is 270 g/mol. The van der Waals surface area contributed by atoms with Crippen molar-refractivity contribution in [3.63, 3.8) is 0 Å². The normalized spacial score (nSPS) is 23.3. The number of nitrogens with one attached hydrogen (secondary N) is 2. The van der Waals surface area contributed by atoms with Crippen molar-refractivity contribution in [1.82, 2.24) is 10.6 Å². The Morgan fingerprint density at radius 2 is 2.21 bits per heavy atom. The average Bonchev–Trinajstić information content (AvgIpc) is 2.44. The molecule has 0 aromatic rings. The minimum Gasteiger partial charge on any atom is -0.385 e. The maximum absolute atomic E-state index is 12.4. The van der Waals surface area contributed by atoms with Crippen LogP contribution in [0.2, 0.25) is 0 Å². The Morgan fingerprint density at radius 3 is 2.84 bits per heavy atom. The number of hydrogen-bond acceptors (Lipinski definition) is 3. The summed E-state index contributed by atoms with van der Waals surface area (Å²) >= 11 is 0. The molecular weight excluding hydrogens is 240 g/mol. The number of carbonyl (C=O) groups is 1. The van der Waals surface area contributed by atoms with Gasteiger partial charge in [-0.05, 0) is 45.1 Å². The predicted octanol–water partition coefficient (Wildman–Crippen LogP) is 2.09. The van der Waals surface area contributed by atoms with Crippen LogP contribution in [0.5, 0.6) is 0 Å². The van der Waals surface area contributed by atoms with Crippen LogP contribution in [-0.4, -0.2) is 39.3 Å². The Labute approximate surface area is 117 Å². The number of piperidine rings is 1. The zero-order chi connectivity index (χ0) is 14.0. The van der Waals surface area contributed by atoms with Gasteiger partial charge in [0.25, 0.3) is 0 Å². The summed E-state index contributed by atoms with van der Waals surface area (Å²) < 4.78 is 5.02. The maximum atomic E-state index is 12.4. The molecule has 1 unspecified atom stereocenters. The molecule has 0 aromatic heterocycles. The van der Waals surface area contributed by atoms with Crippen LogP contribution in [0.25, 0.3) is 0 Å². The van der Waals surface area contributed by atoms with Gasteiger partial charge in [0.15, 0.2) is 0 Å². The maximum Gasteiger partial charge on any atom is 0.227 e. The number of hydrogen-bond donors (Lipinski definition) is 2. The van der Waals surface area contributed by atoms with Crippen molar-refractivity contribution in [1.29, 1.82) is 0 Å². The van der Waals surface area contributed by atoms with Gasteiger partial charge < -0.3 is 15.4 Å². The van der Waals surface area contributed by atoms with E-state index in [1.165, 1.54) is 0 Å². The van der Waals surface area contributed by atoms with Crippen molar-refractivity contribution in [2.45, 2.75) is 51.9 Å². The number of rotatable bonds is 9. The zero-order valence-corrected chi connectivity index (χ0v) is 12.6. The van der Waals surface area contributed by atoms with Gasteiger partial charge in [-0.3, -0.25) is 4.79 Å². The fraction of sp³-hybridized carbons (Fsp3) is 0.933. The highest BCUT2D eigenvalue weighted by atomic mass is 16.5. The van der Waals surface area contributed by atoms with Crippen LogP contribution >= 0.6 is 0 Å². The summed E-state index contributed by atoms with van der Waals surface area (Å²) in [6, 6.07) is 0. The van der Waals surface area contributed by atoms with Crippen molar-refractivity contribution in [2.24, 2.45) is 5.41 Å². The summed E-state index contributed by atoms with van der Waals surface area (Å²) in [5.41, 5.74) is -0.153. The van der Waals surface area contributed by atoms with E-state index in [9.17, 15) is 4.79 Å². The van der Waals surface area contributed by atoms with Gasteiger partial charge in [-0.25, -0.2) is 0 Å². The largest absolute Gasteiger partial charge is 0.385 e. The van der Waals surface area contributed by atoms with E-state index in [1.54, 1.807) is 7.11 Å². The molecule has 1 aliphatic heterocycles. The molecule has 0 aliphatic carbocycles. The lowest BCUT2D eigenvalue weighted by molar-refractivity contribution is -0.132. The molecule has 4 heteroatoms. The van der Waals surface area contributed by atoms with Crippen LogP contribution < -0.4 is 10.6 Å². The highest BCUT2D eigenvalue weighted by Crippen LogP contribution is 2.31. The fourth-order valence-corrected chi connectivity index (χ4v) is 2.90. The summed E-state index contributed by atoms with van der Waals surface area (Å²) in [4.78, 5) is 12.4. The molecule has 0 spiro atoms. The Morgan fingerprint density at radius 1 is 1.37 bits per heavy atom. The van der Waals surface area contributed by atoms with E-state index < -0.39 is 0 Å². The lowest BCUT2D eigenvalue weighted by Gasteiger charge is -2.36. The minimum atomic E-state index is -0.153. The fourth-order valence-electron chi connectivity index (χ4n) is 2.90. The molecule has 112 valence electrons. The van der Waals surface area contributed by atoms with E-state index in [2.05, 4.69) is 17.6 Å². The van der Waals surface area contributed by atoms with Crippen molar-refractivity contribution >= 4 is 5.91 Å². The van der Waals surface area contributed by atoms with Crippen LogP contribution in [0.15, 0.2) is 0 Å². The molecule has 1 atom stereocenters. The Hall–Kier alpha value is -0.610. The van der Waals surface area contributed by atoms with E-state index in [1.807, 2.05) is 0 Å². The Bertz CT molecular complexity index is 245. The summed E-state index contributed by atoms with van der Waals surface area (Å²) in [7, 11) is 1.73. The van der Waals surface area contributed by atoms with Gasteiger partial charge in [0.2, 0.25) is 5.91 Å². The Kier molecular flexibility index (Phi) is 8.07. The molecule has 0 radical (unpaired) electrons. The highest BCUT2D eigenvalue weighted by molar-refractivity contribution is 5.83. The first-order valence-corrected chi connectivity index (χ1v) is 7.73. The van der Waals surface area contributed by atoms with E-state index in [0.29, 0.717) is 0 Å². The molecule has 2 N–H and O–H groups in total. The van der Waals surface area contributed by atoms with Crippen molar-refractivity contribution in [3.8, 4) is 0 Å². The molecule has 0 saturated carbocycles. The smallest absolute Gasteiger partial charge is 0.227 e. The highest BCUT2D eigenvalue weighted by Gasteiger charge is 2.38. The second-order valence-electron chi connectivity index (χ2n) is 5.62. The lowest BCUT2D eigenvalue weighted by Crippen LogP contribution is -2.50. The van der Waals surface area contributed by atoms with Crippen LogP contribution in [0.4, 0.5) is 0 Å². The number of methoxy groups -OCH3 is 1. The summed E-state index contributed by atoms with van der Waals surface area (Å²) in [5.74, 6) is 0.258. The molecule has 0 aromatic carbocycles. The van der Waals surface area contributed by atoms with E-state index in [4.69, 9.17) is 4.74 Å². The van der Waals surface area contributed by atoms with Crippen molar-refractivity contribution < 1.29 is 9.53 Å². The van der Waals surface area contributed by atoms with E-state index in [-0.39, 0.29) is 11.3 Å². The third kappa shape index (κ3) is 5.49. The monoisotopic (exact) mass is 270 g/mol. The molecule has 1 saturated heterocycles. The number of unbranched alkanes of at least 4 members (excludes halogenated alkanes) is 2. The number of ether oxygens (including phenoxy) is 1. The molecule has 1 amide bonds. The van der Waals surface area contributed by atoms with Crippen LogP contribution in [0, 0.1) is 5.41 Å². The van der Waals surface area contributed by atoms with E-state index in [0.717, 1.165) is 71.2 Å². The molecule has 1 heterocycles. The number of amides is 1. The third-order valence-corrected chi connectivity index (χ3v) is 3.99. The third-order valence-electron chi connectivity index (χ3n) is 3.99. The first-order chi connectivity index (χ1) is 9.25. The first-order valence-electron chi connectivity index (χ1n) is 7.73. The second-order valence-corrected chi connectivity index (χ2v) is 5.62. The quantitative estimate of drug-likeness (QED) is 0.631. The molecule has 1 aliphatic rings. The van der Waals surface area contributed by atoms with Crippen LogP contribution in [0.3, 0.4) is 0 Å². The molecule has 1 fully saturated rings. The van der Waals surface area contributed by atoms with Gasteiger partial charge in [0, 0.05) is 26.8 Å². The van der Waals surface area contributed by atoms with Gasteiger partial charge in [0.05, 0.1) is 5.41 Å². The zero-order valence-electron chi connectivity index (χ0n) is 12.6. The van der Waals surface area contributed by atoms with Crippen LogP contribution in [0.1, 0.15) is 51.9 Å².